The van der Waals surface area contributed by atoms with Crippen LogP contribution in [0.4, 0.5) is 0 Å². The smallest absolute Gasteiger partial charge is 0.00701 e. The van der Waals surface area contributed by atoms with Crippen LogP contribution in [0, 0.1) is 5.92 Å². The number of nitrogens with two attached hydrogens (primary N) is 1. The minimum Gasteiger partial charge on any atom is -0.327 e. The van der Waals surface area contributed by atoms with Crippen molar-refractivity contribution in [3.8, 4) is 0 Å². The molecule has 0 amide bonds. The van der Waals surface area contributed by atoms with Gasteiger partial charge in [0.2, 0.25) is 0 Å². The molecule has 0 aromatic rings. The van der Waals surface area contributed by atoms with Gasteiger partial charge in [0.25, 0.3) is 0 Å². The first-order valence-electron chi connectivity index (χ1n) is 4.21. The Hall–Kier alpha value is -0.300. The molecular formula is C9H17N. The Morgan fingerprint density at radius 1 is 1.40 bits per heavy atom. The van der Waals surface area contributed by atoms with Crippen LogP contribution in [0.15, 0.2) is 12.7 Å². The Balaban J connectivity index is 2.32. The minimum absolute atomic E-state index is 0.451. The predicted octanol–water partition coefficient (Wildman–Crippen LogP) is 2.08. The van der Waals surface area contributed by atoms with Crippen LogP contribution in [-0.2, 0) is 0 Å². The van der Waals surface area contributed by atoms with Gasteiger partial charge in [-0.2, -0.15) is 0 Å². The zero-order chi connectivity index (χ0) is 7.40. The van der Waals surface area contributed by atoms with Gasteiger partial charge in [0.15, 0.2) is 0 Å². The van der Waals surface area contributed by atoms with E-state index in [1.807, 2.05) is 6.08 Å². The summed E-state index contributed by atoms with van der Waals surface area (Å²) in [6.45, 7) is 3.73. The summed E-state index contributed by atoms with van der Waals surface area (Å²) >= 11 is 0. The van der Waals surface area contributed by atoms with Crippen molar-refractivity contribution in [3.05, 3.63) is 12.7 Å². The van der Waals surface area contributed by atoms with Crippen LogP contribution in [0.5, 0.6) is 0 Å². The molecule has 10 heavy (non-hydrogen) atoms. The van der Waals surface area contributed by atoms with Gasteiger partial charge >= 0.3 is 0 Å². The van der Waals surface area contributed by atoms with Crippen LogP contribution in [0.25, 0.3) is 0 Å². The SMILES string of the molecule is C=CC[C@@H]1CCCC[C@@H]1N. The van der Waals surface area contributed by atoms with Gasteiger partial charge in [-0.3, -0.25) is 0 Å². The molecule has 0 unspecified atom stereocenters. The van der Waals surface area contributed by atoms with E-state index in [9.17, 15) is 0 Å². The van der Waals surface area contributed by atoms with Crippen molar-refractivity contribution < 1.29 is 0 Å². The van der Waals surface area contributed by atoms with Crippen molar-refractivity contribution in [1.29, 1.82) is 0 Å². The lowest BCUT2D eigenvalue weighted by Crippen LogP contribution is -2.32. The Bertz CT molecular complexity index is 109. The molecule has 1 aliphatic rings. The maximum Gasteiger partial charge on any atom is 0.00701 e. The number of hydrogen-bond donors (Lipinski definition) is 1. The van der Waals surface area contributed by atoms with E-state index in [1.165, 1.54) is 25.7 Å². The van der Waals surface area contributed by atoms with E-state index in [1.54, 1.807) is 0 Å². The lowest BCUT2D eigenvalue weighted by atomic mass is 9.83. The molecule has 0 aromatic heterocycles. The molecule has 0 radical (unpaired) electrons. The van der Waals surface area contributed by atoms with Crippen LogP contribution >= 0.6 is 0 Å². The molecule has 0 aromatic carbocycles. The monoisotopic (exact) mass is 139 g/mol. The molecular weight excluding hydrogens is 122 g/mol. The van der Waals surface area contributed by atoms with E-state index in [-0.39, 0.29) is 0 Å². The molecule has 2 N–H and O–H groups in total. The zero-order valence-electron chi connectivity index (χ0n) is 6.55. The van der Waals surface area contributed by atoms with E-state index < -0.39 is 0 Å². The molecule has 0 heterocycles. The Morgan fingerprint density at radius 3 is 2.70 bits per heavy atom. The molecule has 1 nitrogen and oxygen atoms in total. The highest BCUT2D eigenvalue weighted by molar-refractivity contribution is 4.83. The maximum atomic E-state index is 5.92. The van der Waals surface area contributed by atoms with E-state index in [0.717, 1.165) is 12.3 Å². The Kier molecular flexibility index (Phi) is 2.94. The van der Waals surface area contributed by atoms with Crippen LogP contribution in [-0.4, -0.2) is 6.04 Å². The molecule has 1 saturated carbocycles. The fourth-order valence-electron chi connectivity index (χ4n) is 1.74. The molecule has 1 aliphatic carbocycles. The van der Waals surface area contributed by atoms with Crippen molar-refractivity contribution in [3.63, 3.8) is 0 Å². The van der Waals surface area contributed by atoms with Gasteiger partial charge in [-0.1, -0.05) is 18.9 Å². The minimum atomic E-state index is 0.451. The number of rotatable bonds is 2. The lowest BCUT2D eigenvalue weighted by molar-refractivity contribution is 0.310. The highest BCUT2D eigenvalue weighted by Crippen LogP contribution is 2.25. The van der Waals surface area contributed by atoms with E-state index >= 15 is 0 Å². The van der Waals surface area contributed by atoms with E-state index in [4.69, 9.17) is 5.73 Å². The van der Waals surface area contributed by atoms with Gasteiger partial charge in [0.1, 0.15) is 0 Å². The Labute approximate surface area is 63.3 Å². The summed E-state index contributed by atoms with van der Waals surface area (Å²) in [5.41, 5.74) is 5.92. The van der Waals surface area contributed by atoms with Crippen LogP contribution < -0.4 is 5.73 Å². The van der Waals surface area contributed by atoms with Crippen LogP contribution in [0.1, 0.15) is 32.1 Å². The zero-order valence-corrected chi connectivity index (χ0v) is 6.55. The van der Waals surface area contributed by atoms with Crippen molar-refractivity contribution in [2.24, 2.45) is 11.7 Å². The second-order valence-corrected chi connectivity index (χ2v) is 3.23. The van der Waals surface area contributed by atoms with E-state index in [2.05, 4.69) is 6.58 Å². The first-order chi connectivity index (χ1) is 4.84. The molecule has 58 valence electrons. The normalized spacial score (nSPS) is 33.7. The standard InChI is InChI=1S/C9H17N/c1-2-5-8-6-3-4-7-9(8)10/h2,8-9H,1,3-7,10H2/t8-,9+/m1/s1. The van der Waals surface area contributed by atoms with Crippen molar-refractivity contribution in [2.75, 3.05) is 0 Å². The first kappa shape index (κ1) is 7.80. The van der Waals surface area contributed by atoms with Gasteiger partial charge in [-0.25, -0.2) is 0 Å². The average molecular weight is 139 g/mol. The maximum absolute atomic E-state index is 5.92. The van der Waals surface area contributed by atoms with Gasteiger partial charge in [-0.15, -0.1) is 6.58 Å². The largest absolute Gasteiger partial charge is 0.327 e. The molecule has 0 saturated heterocycles. The third-order valence-electron chi connectivity index (χ3n) is 2.44. The molecule has 2 atom stereocenters. The first-order valence-corrected chi connectivity index (χ1v) is 4.21. The third kappa shape index (κ3) is 1.84. The second-order valence-electron chi connectivity index (χ2n) is 3.23. The quantitative estimate of drug-likeness (QED) is 0.582. The summed E-state index contributed by atoms with van der Waals surface area (Å²) in [4.78, 5) is 0. The third-order valence-corrected chi connectivity index (χ3v) is 2.44. The number of hydrogen-bond acceptors (Lipinski definition) is 1. The molecule has 0 spiro atoms. The topological polar surface area (TPSA) is 26.0 Å². The fraction of sp³-hybridized carbons (Fsp3) is 0.778. The summed E-state index contributed by atoms with van der Waals surface area (Å²) in [5, 5.41) is 0. The predicted molar refractivity (Wildman–Crippen MR) is 44.7 cm³/mol. The van der Waals surface area contributed by atoms with Crippen molar-refractivity contribution >= 4 is 0 Å². The lowest BCUT2D eigenvalue weighted by Gasteiger charge is -2.27. The molecule has 0 bridgehead atoms. The average Bonchev–Trinajstić information content (AvgIpc) is 1.94. The van der Waals surface area contributed by atoms with Gasteiger partial charge in [-0.05, 0) is 25.2 Å². The van der Waals surface area contributed by atoms with Crippen LogP contribution in [0.2, 0.25) is 0 Å². The second kappa shape index (κ2) is 3.77. The highest BCUT2D eigenvalue weighted by Gasteiger charge is 2.19. The highest BCUT2D eigenvalue weighted by atomic mass is 14.7. The Morgan fingerprint density at radius 2 is 2.10 bits per heavy atom. The summed E-state index contributed by atoms with van der Waals surface area (Å²) in [7, 11) is 0. The summed E-state index contributed by atoms with van der Waals surface area (Å²) < 4.78 is 0. The fourth-order valence-corrected chi connectivity index (χ4v) is 1.74. The van der Waals surface area contributed by atoms with Crippen LogP contribution in [0.3, 0.4) is 0 Å². The van der Waals surface area contributed by atoms with E-state index in [0.29, 0.717) is 6.04 Å². The van der Waals surface area contributed by atoms with Gasteiger partial charge < -0.3 is 5.73 Å². The van der Waals surface area contributed by atoms with Crippen molar-refractivity contribution in [1.82, 2.24) is 0 Å². The summed E-state index contributed by atoms with van der Waals surface area (Å²) in [5.74, 6) is 0.728. The summed E-state index contributed by atoms with van der Waals surface area (Å²) in [6, 6.07) is 0.451. The van der Waals surface area contributed by atoms with Gasteiger partial charge in [0.05, 0.1) is 0 Å². The summed E-state index contributed by atoms with van der Waals surface area (Å²) in [6.07, 6.45) is 8.34. The number of allylic oxidation sites excluding steroid dienone is 1. The van der Waals surface area contributed by atoms with Crippen molar-refractivity contribution in [2.45, 2.75) is 38.1 Å². The van der Waals surface area contributed by atoms with Gasteiger partial charge in [0, 0.05) is 6.04 Å². The molecule has 1 rings (SSSR count). The molecule has 0 aliphatic heterocycles. The molecule has 1 fully saturated rings. The molecule has 1 heteroatoms.